The van der Waals surface area contributed by atoms with E-state index in [4.69, 9.17) is 0 Å². The maximum atomic E-state index is 12.2. The molecular weight excluding hydrogens is 218 g/mol. The Labute approximate surface area is 103 Å². The zero-order valence-corrected chi connectivity index (χ0v) is 11.2. The fourth-order valence-electron chi connectivity index (χ4n) is 2.32. The van der Waals surface area contributed by atoms with Crippen LogP contribution < -0.4 is 0 Å². The van der Waals surface area contributed by atoms with Crippen molar-refractivity contribution in [2.24, 2.45) is 11.3 Å². The molecule has 4 nitrogen and oxygen atoms in total. The molecule has 2 atom stereocenters. The van der Waals surface area contributed by atoms with Crippen molar-refractivity contribution in [1.29, 1.82) is 0 Å². The van der Waals surface area contributed by atoms with Crippen LogP contribution in [0.25, 0.3) is 0 Å². The largest absolute Gasteiger partial charge is 0.480 e. The van der Waals surface area contributed by atoms with E-state index in [1.54, 1.807) is 4.90 Å². The SMILES string of the molecule is CCC1CCN(C(=O)C(C)(C)C)C(C(=O)O)C1. The highest BCUT2D eigenvalue weighted by molar-refractivity contribution is 5.87. The van der Waals surface area contributed by atoms with E-state index in [-0.39, 0.29) is 5.91 Å². The maximum absolute atomic E-state index is 12.2. The molecule has 0 saturated carbocycles. The summed E-state index contributed by atoms with van der Waals surface area (Å²) in [6, 6.07) is -0.638. The first-order chi connectivity index (χ1) is 7.77. The molecule has 17 heavy (non-hydrogen) atoms. The van der Waals surface area contributed by atoms with Crippen molar-refractivity contribution in [2.75, 3.05) is 6.54 Å². The minimum absolute atomic E-state index is 0.0561. The average molecular weight is 241 g/mol. The Morgan fingerprint density at radius 2 is 1.94 bits per heavy atom. The summed E-state index contributed by atoms with van der Waals surface area (Å²) in [6.45, 7) is 8.15. The third kappa shape index (κ3) is 3.20. The minimum atomic E-state index is -0.874. The number of carbonyl (C=O) groups is 2. The first-order valence-corrected chi connectivity index (χ1v) is 6.31. The molecule has 1 fully saturated rings. The lowest BCUT2D eigenvalue weighted by Crippen LogP contribution is -2.53. The summed E-state index contributed by atoms with van der Waals surface area (Å²) >= 11 is 0. The molecule has 0 bridgehead atoms. The van der Waals surface area contributed by atoms with E-state index in [1.807, 2.05) is 20.8 Å². The summed E-state index contributed by atoms with van der Waals surface area (Å²) in [6.07, 6.45) is 2.50. The molecule has 0 aromatic carbocycles. The number of likely N-dealkylation sites (tertiary alicyclic amines) is 1. The maximum Gasteiger partial charge on any atom is 0.326 e. The highest BCUT2D eigenvalue weighted by atomic mass is 16.4. The van der Waals surface area contributed by atoms with E-state index in [0.717, 1.165) is 12.8 Å². The zero-order valence-electron chi connectivity index (χ0n) is 11.2. The fraction of sp³-hybridized carbons (Fsp3) is 0.846. The number of hydrogen-bond acceptors (Lipinski definition) is 2. The molecule has 1 saturated heterocycles. The number of rotatable bonds is 2. The fourth-order valence-corrected chi connectivity index (χ4v) is 2.32. The highest BCUT2D eigenvalue weighted by Crippen LogP contribution is 2.29. The molecule has 1 rings (SSSR count). The molecule has 1 aliphatic rings. The monoisotopic (exact) mass is 241 g/mol. The molecule has 1 heterocycles. The van der Waals surface area contributed by atoms with Crippen LogP contribution in [0.4, 0.5) is 0 Å². The van der Waals surface area contributed by atoms with E-state index in [9.17, 15) is 14.7 Å². The normalized spacial score (nSPS) is 25.8. The van der Waals surface area contributed by atoms with E-state index in [1.165, 1.54) is 0 Å². The quantitative estimate of drug-likeness (QED) is 0.805. The van der Waals surface area contributed by atoms with Gasteiger partial charge in [-0.15, -0.1) is 0 Å². The van der Waals surface area contributed by atoms with E-state index < -0.39 is 17.4 Å². The summed E-state index contributed by atoms with van der Waals surface area (Å²) in [5.74, 6) is -0.500. The molecule has 1 amide bonds. The second kappa shape index (κ2) is 5.07. The van der Waals surface area contributed by atoms with E-state index >= 15 is 0 Å². The summed E-state index contributed by atoms with van der Waals surface area (Å²) in [5, 5.41) is 9.24. The topological polar surface area (TPSA) is 57.6 Å². The Hall–Kier alpha value is -1.06. The number of nitrogens with zero attached hydrogens (tertiary/aromatic N) is 1. The summed E-state index contributed by atoms with van der Waals surface area (Å²) in [4.78, 5) is 25.0. The number of carboxylic acid groups (broad SMARTS) is 1. The van der Waals surface area contributed by atoms with Crippen molar-refractivity contribution in [1.82, 2.24) is 4.90 Å². The Bertz CT molecular complexity index is 306. The van der Waals surface area contributed by atoms with Gasteiger partial charge < -0.3 is 10.0 Å². The van der Waals surface area contributed by atoms with Gasteiger partial charge in [-0.25, -0.2) is 4.79 Å². The van der Waals surface area contributed by atoms with Crippen LogP contribution in [0.5, 0.6) is 0 Å². The standard InChI is InChI=1S/C13H23NO3/c1-5-9-6-7-14(10(8-9)11(15)16)12(17)13(2,3)4/h9-10H,5-8H2,1-4H3,(H,15,16). The molecule has 1 N–H and O–H groups in total. The van der Waals surface area contributed by atoms with Gasteiger partial charge in [0.1, 0.15) is 6.04 Å². The van der Waals surface area contributed by atoms with Crippen molar-refractivity contribution in [3.8, 4) is 0 Å². The second-order valence-electron chi connectivity index (χ2n) is 5.90. The lowest BCUT2D eigenvalue weighted by molar-refractivity contribution is -0.157. The number of carboxylic acids is 1. The van der Waals surface area contributed by atoms with Crippen LogP contribution in [0, 0.1) is 11.3 Å². The van der Waals surface area contributed by atoms with Gasteiger partial charge in [0.15, 0.2) is 0 Å². The lowest BCUT2D eigenvalue weighted by Gasteiger charge is -2.40. The third-order valence-electron chi connectivity index (χ3n) is 3.48. The van der Waals surface area contributed by atoms with Crippen molar-refractivity contribution in [3.05, 3.63) is 0 Å². The van der Waals surface area contributed by atoms with Crippen LogP contribution in [0.3, 0.4) is 0 Å². The van der Waals surface area contributed by atoms with Crippen LogP contribution in [0.2, 0.25) is 0 Å². The second-order valence-corrected chi connectivity index (χ2v) is 5.90. The van der Waals surface area contributed by atoms with Crippen LogP contribution in [0.1, 0.15) is 47.0 Å². The lowest BCUT2D eigenvalue weighted by atomic mass is 9.86. The molecule has 98 valence electrons. The van der Waals surface area contributed by atoms with Gasteiger partial charge in [-0.3, -0.25) is 4.79 Å². The Kier molecular flexibility index (Phi) is 4.17. The van der Waals surface area contributed by atoms with Gasteiger partial charge in [-0.05, 0) is 18.8 Å². The van der Waals surface area contributed by atoms with Crippen molar-refractivity contribution >= 4 is 11.9 Å². The van der Waals surface area contributed by atoms with Crippen molar-refractivity contribution in [2.45, 2.75) is 53.0 Å². The molecule has 0 aromatic heterocycles. The van der Waals surface area contributed by atoms with Crippen LogP contribution in [0.15, 0.2) is 0 Å². The molecule has 0 spiro atoms. The Morgan fingerprint density at radius 3 is 2.35 bits per heavy atom. The van der Waals surface area contributed by atoms with Gasteiger partial charge in [-0.1, -0.05) is 34.1 Å². The number of carbonyl (C=O) groups excluding carboxylic acids is 1. The minimum Gasteiger partial charge on any atom is -0.480 e. The van der Waals surface area contributed by atoms with Crippen molar-refractivity contribution in [3.63, 3.8) is 0 Å². The first kappa shape index (κ1) is 14.0. The zero-order chi connectivity index (χ0) is 13.2. The molecule has 0 aromatic rings. The highest BCUT2D eigenvalue weighted by Gasteiger charge is 2.39. The summed E-state index contributed by atoms with van der Waals surface area (Å²) < 4.78 is 0. The molecular formula is C13H23NO3. The predicted octanol–water partition coefficient (Wildman–Crippen LogP) is 2.13. The summed E-state index contributed by atoms with van der Waals surface area (Å²) in [7, 11) is 0. The van der Waals surface area contributed by atoms with Gasteiger partial charge in [0.25, 0.3) is 0 Å². The van der Waals surface area contributed by atoms with Gasteiger partial charge in [-0.2, -0.15) is 0 Å². The molecule has 1 aliphatic heterocycles. The Morgan fingerprint density at radius 1 is 1.35 bits per heavy atom. The van der Waals surface area contributed by atoms with Gasteiger partial charge in [0.05, 0.1) is 0 Å². The van der Waals surface area contributed by atoms with Gasteiger partial charge in [0.2, 0.25) is 5.91 Å². The van der Waals surface area contributed by atoms with Crippen LogP contribution in [-0.4, -0.2) is 34.5 Å². The summed E-state index contributed by atoms with van der Waals surface area (Å²) in [5.41, 5.74) is -0.507. The molecule has 0 radical (unpaired) electrons. The first-order valence-electron chi connectivity index (χ1n) is 6.31. The third-order valence-corrected chi connectivity index (χ3v) is 3.48. The van der Waals surface area contributed by atoms with Gasteiger partial charge >= 0.3 is 5.97 Å². The predicted molar refractivity (Wildman–Crippen MR) is 65.6 cm³/mol. The van der Waals surface area contributed by atoms with Crippen molar-refractivity contribution < 1.29 is 14.7 Å². The average Bonchev–Trinajstić information content (AvgIpc) is 2.25. The Balaban J connectivity index is 2.84. The van der Waals surface area contributed by atoms with Crippen LogP contribution in [-0.2, 0) is 9.59 Å². The van der Waals surface area contributed by atoms with E-state index in [2.05, 4.69) is 6.92 Å². The molecule has 2 unspecified atom stereocenters. The number of hydrogen-bond donors (Lipinski definition) is 1. The number of amides is 1. The molecule has 0 aliphatic carbocycles. The number of aliphatic carboxylic acids is 1. The van der Waals surface area contributed by atoms with Gasteiger partial charge in [0, 0.05) is 12.0 Å². The smallest absolute Gasteiger partial charge is 0.326 e. The van der Waals surface area contributed by atoms with Crippen LogP contribution >= 0.6 is 0 Å². The van der Waals surface area contributed by atoms with E-state index in [0.29, 0.717) is 18.9 Å². The molecule has 4 heteroatoms. The number of piperidine rings is 1.